The Morgan fingerprint density at radius 1 is 1.15 bits per heavy atom. The number of hydrogen-bond acceptors (Lipinski definition) is 2. The SMILES string of the molecule is Cc1ccc(OCc2c(Cl)cccc2Cl)c([C@H](C)N)c1. The van der Waals surface area contributed by atoms with E-state index in [2.05, 4.69) is 0 Å². The smallest absolute Gasteiger partial charge is 0.124 e. The second-order valence-electron chi connectivity index (χ2n) is 4.82. The molecule has 4 heteroatoms. The molecule has 0 fully saturated rings. The van der Waals surface area contributed by atoms with Gasteiger partial charge in [0.1, 0.15) is 12.4 Å². The highest BCUT2D eigenvalue weighted by molar-refractivity contribution is 6.35. The number of aryl methyl sites for hydroxylation is 1. The molecular weight excluding hydrogens is 293 g/mol. The number of rotatable bonds is 4. The fourth-order valence-electron chi connectivity index (χ4n) is 1.98. The predicted octanol–water partition coefficient (Wildman–Crippen LogP) is 4.90. The molecule has 2 rings (SSSR count). The maximum absolute atomic E-state index is 6.13. The molecule has 0 radical (unpaired) electrons. The first-order valence-electron chi connectivity index (χ1n) is 6.41. The summed E-state index contributed by atoms with van der Waals surface area (Å²) in [5.41, 5.74) is 8.90. The quantitative estimate of drug-likeness (QED) is 0.871. The average Bonchev–Trinajstić information content (AvgIpc) is 2.39. The first kappa shape index (κ1) is 15.2. The molecule has 0 aromatic heterocycles. The molecule has 0 spiro atoms. The zero-order valence-electron chi connectivity index (χ0n) is 11.5. The maximum atomic E-state index is 6.13. The number of ether oxygens (including phenoxy) is 1. The molecule has 0 amide bonds. The van der Waals surface area contributed by atoms with Crippen molar-refractivity contribution >= 4 is 23.2 Å². The molecule has 0 saturated carbocycles. The summed E-state index contributed by atoms with van der Waals surface area (Å²) in [5, 5.41) is 1.21. The standard InChI is InChI=1S/C16H17Cl2NO/c1-10-6-7-16(12(8-10)11(2)19)20-9-13-14(17)4-3-5-15(13)18/h3-8,11H,9,19H2,1-2H3/t11-/m0/s1. The normalized spacial score (nSPS) is 12.2. The average molecular weight is 310 g/mol. The summed E-state index contributed by atoms with van der Waals surface area (Å²) in [6, 6.07) is 11.3. The molecule has 2 nitrogen and oxygen atoms in total. The van der Waals surface area contributed by atoms with Crippen LogP contribution in [0.25, 0.3) is 0 Å². The van der Waals surface area contributed by atoms with Crippen molar-refractivity contribution in [1.29, 1.82) is 0 Å². The lowest BCUT2D eigenvalue weighted by Gasteiger charge is -2.16. The van der Waals surface area contributed by atoms with Crippen molar-refractivity contribution < 1.29 is 4.74 Å². The van der Waals surface area contributed by atoms with Crippen LogP contribution in [0, 0.1) is 6.92 Å². The van der Waals surface area contributed by atoms with Gasteiger partial charge in [0, 0.05) is 27.2 Å². The summed E-state index contributed by atoms with van der Waals surface area (Å²) < 4.78 is 5.85. The Bertz CT molecular complexity index is 591. The lowest BCUT2D eigenvalue weighted by Crippen LogP contribution is -2.08. The highest BCUT2D eigenvalue weighted by Crippen LogP contribution is 2.29. The van der Waals surface area contributed by atoms with E-state index in [-0.39, 0.29) is 6.04 Å². The van der Waals surface area contributed by atoms with Gasteiger partial charge >= 0.3 is 0 Å². The Balaban J connectivity index is 2.23. The summed E-state index contributed by atoms with van der Waals surface area (Å²) in [4.78, 5) is 0. The van der Waals surface area contributed by atoms with Gasteiger partial charge in [0.05, 0.1) is 0 Å². The van der Waals surface area contributed by atoms with Gasteiger partial charge in [-0.15, -0.1) is 0 Å². The van der Waals surface area contributed by atoms with E-state index in [0.717, 1.165) is 22.4 Å². The minimum Gasteiger partial charge on any atom is -0.488 e. The number of benzene rings is 2. The topological polar surface area (TPSA) is 35.2 Å². The molecule has 0 bridgehead atoms. The van der Waals surface area contributed by atoms with Gasteiger partial charge in [-0.1, -0.05) is 47.0 Å². The predicted molar refractivity (Wildman–Crippen MR) is 84.6 cm³/mol. The van der Waals surface area contributed by atoms with E-state index in [0.29, 0.717) is 16.7 Å². The van der Waals surface area contributed by atoms with E-state index in [4.69, 9.17) is 33.7 Å². The van der Waals surface area contributed by atoms with Gasteiger partial charge in [0.15, 0.2) is 0 Å². The lowest BCUT2D eigenvalue weighted by atomic mass is 10.1. The van der Waals surface area contributed by atoms with Gasteiger partial charge in [-0.3, -0.25) is 0 Å². The maximum Gasteiger partial charge on any atom is 0.124 e. The van der Waals surface area contributed by atoms with Crippen LogP contribution < -0.4 is 10.5 Å². The van der Waals surface area contributed by atoms with E-state index < -0.39 is 0 Å². The molecule has 1 atom stereocenters. The summed E-state index contributed by atoms with van der Waals surface area (Å²) in [7, 11) is 0. The summed E-state index contributed by atoms with van der Waals surface area (Å²) in [6.07, 6.45) is 0. The first-order chi connectivity index (χ1) is 9.49. The minimum absolute atomic E-state index is 0.0911. The highest BCUT2D eigenvalue weighted by atomic mass is 35.5. The summed E-state index contributed by atoms with van der Waals surface area (Å²) in [5.74, 6) is 0.765. The Kier molecular flexibility index (Phi) is 4.92. The molecule has 0 unspecified atom stereocenters. The molecular formula is C16H17Cl2NO. The Hall–Kier alpha value is -1.22. The van der Waals surface area contributed by atoms with Crippen LogP contribution in [0.2, 0.25) is 10.0 Å². The fourth-order valence-corrected chi connectivity index (χ4v) is 2.48. The zero-order valence-corrected chi connectivity index (χ0v) is 13.0. The van der Waals surface area contributed by atoms with Crippen LogP contribution in [-0.2, 0) is 6.61 Å². The van der Waals surface area contributed by atoms with E-state index in [1.165, 1.54) is 0 Å². The van der Waals surface area contributed by atoms with E-state index in [9.17, 15) is 0 Å². The molecule has 0 aliphatic rings. The third-order valence-electron chi connectivity index (χ3n) is 3.09. The molecule has 2 aromatic rings. The molecule has 106 valence electrons. The van der Waals surface area contributed by atoms with Crippen LogP contribution in [0.1, 0.15) is 29.7 Å². The molecule has 0 saturated heterocycles. The van der Waals surface area contributed by atoms with Crippen LogP contribution in [-0.4, -0.2) is 0 Å². The van der Waals surface area contributed by atoms with Crippen LogP contribution in [0.3, 0.4) is 0 Å². The van der Waals surface area contributed by atoms with Gasteiger partial charge in [-0.05, 0) is 32.0 Å². The van der Waals surface area contributed by atoms with Gasteiger partial charge in [-0.2, -0.15) is 0 Å². The van der Waals surface area contributed by atoms with E-state index >= 15 is 0 Å². The third kappa shape index (κ3) is 3.45. The van der Waals surface area contributed by atoms with Crippen molar-refractivity contribution in [3.63, 3.8) is 0 Å². The highest BCUT2D eigenvalue weighted by Gasteiger charge is 2.11. The number of hydrogen-bond donors (Lipinski definition) is 1. The molecule has 0 heterocycles. The minimum atomic E-state index is -0.0911. The van der Waals surface area contributed by atoms with Crippen LogP contribution in [0.5, 0.6) is 5.75 Å². The Morgan fingerprint density at radius 3 is 2.40 bits per heavy atom. The molecule has 0 aliphatic heterocycles. The van der Waals surface area contributed by atoms with Crippen LogP contribution >= 0.6 is 23.2 Å². The summed E-state index contributed by atoms with van der Waals surface area (Å²) in [6.45, 7) is 4.28. The fraction of sp³-hybridized carbons (Fsp3) is 0.250. The van der Waals surface area contributed by atoms with Crippen molar-refractivity contribution in [2.24, 2.45) is 5.73 Å². The largest absolute Gasteiger partial charge is 0.488 e. The van der Waals surface area contributed by atoms with Crippen molar-refractivity contribution in [2.45, 2.75) is 26.5 Å². The van der Waals surface area contributed by atoms with E-state index in [1.54, 1.807) is 12.1 Å². The Labute approximate surface area is 129 Å². The second-order valence-corrected chi connectivity index (χ2v) is 5.63. The van der Waals surface area contributed by atoms with Crippen molar-refractivity contribution in [3.8, 4) is 5.75 Å². The molecule has 2 N–H and O–H groups in total. The third-order valence-corrected chi connectivity index (χ3v) is 3.80. The van der Waals surface area contributed by atoms with Crippen molar-refractivity contribution in [1.82, 2.24) is 0 Å². The number of halogens is 2. The van der Waals surface area contributed by atoms with Gasteiger partial charge in [-0.25, -0.2) is 0 Å². The van der Waals surface area contributed by atoms with Crippen LogP contribution in [0.15, 0.2) is 36.4 Å². The second kappa shape index (κ2) is 6.49. The summed E-state index contributed by atoms with van der Waals surface area (Å²) >= 11 is 12.3. The first-order valence-corrected chi connectivity index (χ1v) is 7.16. The van der Waals surface area contributed by atoms with Gasteiger partial charge < -0.3 is 10.5 Å². The van der Waals surface area contributed by atoms with E-state index in [1.807, 2.05) is 38.1 Å². The van der Waals surface area contributed by atoms with Crippen LogP contribution in [0.4, 0.5) is 0 Å². The molecule has 2 aromatic carbocycles. The number of nitrogens with two attached hydrogens (primary N) is 1. The Morgan fingerprint density at radius 2 is 1.80 bits per heavy atom. The lowest BCUT2D eigenvalue weighted by molar-refractivity contribution is 0.301. The van der Waals surface area contributed by atoms with Crippen molar-refractivity contribution in [3.05, 3.63) is 63.1 Å². The molecule has 20 heavy (non-hydrogen) atoms. The van der Waals surface area contributed by atoms with Crippen molar-refractivity contribution in [2.75, 3.05) is 0 Å². The molecule has 0 aliphatic carbocycles. The van der Waals surface area contributed by atoms with Gasteiger partial charge in [0.25, 0.3) is 0 Å². The zero-order chi connectivity index (χ0) is 14.7. The monoisotopic (exact) mass is 309 g/mol. The van der Waals surface area contributed by atoms with Gasteiger partial charge in [0.2, 0.25) is 0 Å².